The lowest BCUT2D eigenvalue weighted by Crippen LogP contribution is -2.46. The number of nitrogens with one attached hydrogen (secondary N) is 1. The predicted octanol–water partition coefficient (Wildman–Crippen LogP) is 2.52. The molecule has 0 radical (unpaired) electrons. The van der Waals surface area contributed by atoms with E-state index in [1.165, 1.54) is 5.56 Å². The predicted molar refractivity (Wildman–Crippen MR) is 108 cm³/mol. The van der Waals surface area contributed by atoms with E-state index in [0.717, 1.165) is 44.2 Å². The van der Waals surface area contributed by atoms with Gasteiger partial charge in [-0.15, -0.1) is 0 Å². The number of rotatable bonds is 5. The van der Waals surface area contributed by atoms with Crippen molar-refractivity contribution in [3.63, 3.8) is 0 Å². The molecule has 0 bridgehead atoms. The molecule has 7 heteroatoms. The second-order valence-corrected chi connectivity index (χ2v) is 6.57. The van der Waals surface area contributed by atoms with Crippen LogP contribution in [0.3, 0.4) is 0 Å². The summed E-state index contributed by atoms with van der Waals surface area (Å²) in [6.45, 7) is 4.71. The van der Waals surface area contributed by atoms with E-state index >= 15 is 0 Å². The fourth-order valence-corrected chi connectivity index (χ4v) is 3.27. The van der Waals surface area contributed by atoms with Gasteiger partial charge in [0, 0.05) is 50.8 Å². The SMILES string of the molecule is Nc1c(Nc2ccncc2)ncnc1N1CCN(Cc2ccccc2)CC1. The third kappa shape index (κ3) is 4.15. The maximum atomic E-state index is 6.36. The summed E-state index contributed by atoms with van der Waals surface area (Å²) in [4.78, 5) is 17.4. The molecule has 4 rings (SSSR count). The number of nitrogens with two attached hydrogens (primary N) is 1. The summed E-state index contributed by atoms with van der Waals surface area (Å²) < 4.78 is 0. The second-order valence-electron chi connectivity index (χ2n) is 6.57. The van der Waals surface area contributed by atoms with Gasteiger partial charge in [0.25, 0.3) is 0 Å². The Labute approximate surface area is 158 Å². The fourth-order valence-electron chi connectivity index (χ4n) is 3.27. The van der Waals surface area contributed by atoms with Gasteiger partial charge in [0.1, 0.15) is 12.0 Å². The Balaban J connectivity index is 1.41. The molecule has 138 valence electrons. The van der Waals surface area contributed by atoms with Gasteiger partial charge in [-0.3, -0.25) is 9.88 Å². The van der Waals surface area contributed by atoms with Gasteiger partial charge >= 0.3 is 0 Å². The summed E-state index contributed by atoms with van der Waals surface area (Å²) in [5.41, 5.74) is 9.18. The van der Waals surface area contributed by atoms with Crippen molar-refractivity contribution in [3.05, 3.63) is 66.7 Å². The van der Waals surface area contributed by atoms with Crippen molar-refractivity contribution in [2.24, 2.45) is 0 Å². The molecule has 0 aliphatic carbocycles. The van der Waals surface area contributed by atoms with Crippen LogP contribution in [0.4, 0.5) is 23.0 Å². The van der Waals surface area contributed by atoms with Crippen LogP contribution < -0.4 is 16.0 Å². The van der Waals surface area contributed by atoms with E-state index in [1.807, 2.05) is 12.1 Å². The van der Waals surface area contributed by atoms with E-state index in [0.29, 0.717) is 11.5 Å². The minimum Gasteiger partial charge on any atom is -0.393 e. The Hall–Kier alpha value is -3.19. The summed E-state index contributed by atoms with van der Waals surface area (Å²) in [7, 11) is 0. The van der Waals surface area contributed by atoms with Gasteiger partial charge in [0.2, 0.25) is 0 Å². The molecule has 7 nitrogen and oxygen atoms in total. The Morgan fingerprint density at radius 1 is 0.926 bits per heavy atom. The van der Waals surface area contributed by atoms with E-state index in [9.17, 15) is 0 Å². The van der Waals surface area contributed by atoms with Gasteiger partial charge in [-0.2, -0.15) is 0 Å². The number of hydrogen-bond donors (Lipinski definition) is 2. The van der Waals surface area contributed by atoms with Crippen LogP contribution in [0.25, 0.3) is 0 Å². The Morgan fingerprint density at radius 3 is 2.41 bits per heavy atom. The van der Waals surface area contributed by atoms with Crippen LogP contribution in [-0.2, 0) is 6.54 Å². The summed E-state index contributed by atoms with van der Waals surface area (Å²) in [6, 6.07) is 14.3. The number of pyridine rings is 1. The van der Waals surface area contributed by atoms with Crippen LogP contribution >= 0.6 is 0 Å². The molecule has 2 aromatic heterocycles. The maximum Gasteiger partial charge on any atom is 0.159 e. The number of piperazine rings is 1. The van der Waals surface area contributed by atoms with Crippen molar-refractivity contribution in [1.29, 1.82) is 0 Å². The van der Waals surface area contributed by atoms with Gasteiger partial charge in [0.15, 0.2) is 11.6 Å². The maximum absolute atomic E-state index is 6.36. The molecule has 1 aliphatic heterocycles. The van der Waals surface area contributed by atoms with E-state index in [-0.39, 0.29) is 0 Å². The van der Waals surface area contributed by atoms with E-state index < -0.39 is 0 Å². The summed E-state index contributed by atoms with van der Waals surface area (Å²) in [6.07, 6.45) is 5.02. The smallest absolute Gasteiger partial charge is 0.159 e. The molecule has 1 fully saturated rings. The third-order valence-corrected chi connectivity index (χ3v) is 4.73. The van der Waals surface area contributed by atoms with Crippen LogP contribution in [0.1, 0.15) is 5.56 Å². The number of aromatic nitrogens is 3. The van der Waals surface area contributed by atoms with Crippen LogP contribution in [-0.4, -0.2) is 46.0 Å². The summed E-state index contributed by atoms with van der Waals surface area (Å²) >= 11 is 0. The molecule has 1 aromatic carbocycles. The number of nitrogens with zero attached hydrogens (tertiary/aromatic N) is 5. The summed E-state index contributed by atoms with van der Waals surface area (Å²) in [5.74, 6) is 1.42. The first-order valence-corrected chi connectivity index (χ1v) is 9.08. The first-order valence-electron chi connectivity index (χ1n) is 9.08. The highest BCUT2D eigenvalue weighted by molar-refractivity contribution is 5.78. The zero-order chi connectivity index (χ0) is 18.5. The van der Waals surface area contributed by atoms with Crippen molar-refractivity contribution in [1.82, 2.24) is 19.9 Å². The number of nitrogen functional groups attached to an aromatic ring is 1. The topological polar surface area (TPSA) is 83.2 Å². The van der Waals surface area contributed by atoms with Crippen molar-refractivity contribution >= 4 is 23.0 Å². The Bertz CT molecular complexity index is 862. The first-order chi connectivity index (χ1) is 13.3. The molecule has 1 aliphatic rings. The lowest BCUT2D eigenvalue weighted by atomic mass is 10.2. The molecule has 0 atom stereocenters. The minimum absolute atomic E-state index is 0.575. The quantitative estimate of drug-likeness (QED) is 0.722. The van der Waals surface area contributed by atoms with Crippen molar-refractivity contribution in [3.8, 4) is 0 Å². The van der Waals surface area contributed by atoms with Crippen LogP contribution in [0.15, 0.2) is 61.2 Å². The molecule has 3 heterocycles. The Morgan fingerprint density at radius 2 is 1.67 bits per heavy atom. The molecule has 27 heavy (non-hydrogen) atoms. The van der Waals surface area contributed by atoms with E-state index in [2.05, 4.69) is 60.4 Å². The Kier molecular flexibility index (Phi) is 5.11. The second kappa shape index (κ2) is 8.01. The van der Waals surface area contributed by atoms with Crippen molar-refractivity contribution in [2.75, 3.05) is 42.1 Å². The minimum atomic E-state index is 0.575. The molecule has 0 saturated carbocycles. The van der Waals surface area contributed by atoms with Gasteiger partial charge in [-0.25, -0.2) is 9.97 Å². The van der Waals surface area contributed by atoms with E-state index in [1.54, 1.807) is 18.7 Å². The molecule has 3 aromatic rings. The molecule has 0 spiro atoms. The van der Waals surface area contributed by atoms with Gasteiger partial charge in [0.05, 0.1) is 0 Å². The van der Waals surface area contributed by atoms with Crippen LogP contribution in [0.5, 0.6) is 0 Å². The lowest BCUT2D eigenvalue weighted by molar-refractivity contribution is 0.249. The van der Waals surface area contributed by atoms with Crippen molar-refractivity contribution in [2.45, 2.75) is 6.54 Å². The van der Waals surface area contributed by atoms with Crippen LogP contribution in [0, 0.1) is 0 Å². The van der Waals surface area contributed by atoms with Crippen molar-refractivity contribution < 1.29 is 0 Å². The average molecular weight is 361 g/mol. The van der Waals surface area contributed by atoms with Crippen LogP contribution in [0.2, 0.25) is 0 Å². The molecular weight excluding hydrogens is 338 g/mol. The first kappa shape index (κ1) is 17.2. The number of hydrogen-bond acceptors (Lipinski definition) is 7. The largest absolute Gasteiger partial charge is 0.393 e. The number of anilines is 4. The monoisotopic (exact) mass is 361 g/mol. The molecule has 3 N–H and O–H groups in total. The van der Waals surface area contributed by atoms with Gasteiger partial charge in [-0.1, -0.05) is 30.3 Å². The highest BCUT2D eigenvalue weighted by Crippen LogP contribution is 2.29. The fraction of sp³-hybridized carbons (Fsp3) is 0.250. The zero-order valence-electron chi connectivity index (χ0n) is 15.1. The number of benzene rings is 1. The normalized spacial score (nSPS) is 14.9. The molecular formula is C20H23N7. The molecule has 0 unspecified atom stereocenters. The standard InChI is InChI=1S/C20H23N7/c21-18-19(25-17-6-8-22-9-7-17)23-15-24-20(18)27-12-10-26(11-13-27)14-16-4-2-1-3-5-16/h1-9,15H,10-14,21H2,(H,22,23,24,25). The summed E-state index contributed by atoms with van der Waals surface area (Å²) in [5, 5.41) is 3.24. The van der Waals surface area contributed by atoms with Gasteiger partial charge in [-0.05, 0) is 17.7 Å². The average Bonchev–Trinajstić information content (AvgIpc) is 2.72. The molecule has 1 saturated heterocycles. The van der Waals surface area contributed by atoms with Gasteiger partial charge < -0.3 is 16.0 Å². The zero-order valence-corrected chi connectivity index (χ0v) is 15.1. The molecule has 0 amide bonds. The highest BCUT2D eigenvalue weighted by atomic mass is 15.3. The third-order valence-electron chi connectivity index (χ3n) is 4.73. The highest BCUT2D eigenvalue weighted by Gasteiger charge is 2.21. The van der Waals surface area contributed by atoms with E-state index in [4.69, 9.17) is 5.73 Å². The lowest BCUT2D eigenvalue weighted by Gasteiger charge is -2.36.